The molecule has 1 rings (SSSR count). The smallest absolute Gasteiger partial charge is 0.198 e. The highest BCUT2D eigenvalue weighted by Crippen LogP contribution is 2.31. The fraction of sp³-hybridized carbons (Fsp3) is 0.300. The summed E-state index contributed by atoms with van der Waals surface area (Å²) in [6, 6.07) is 8.22. The maximum atomic E-state index is 12.3. The van der Waals surface area contributed by atoms with Gasteiger partial charge in [-0.25, -0.2) is 0 Å². The Bertz CT molecular complexity index is 400. The lowest BCUT2D eigenvalue weighted by Crippen LogP contribution is -2.23. The Morgan fingerprint density at radius 2 is 2.12 bits per heavy atom. The van der Waals surface area contributed by atoms with Gasteiger partial charge in [-0.1, -0.05) is 22.0 Å². The number of rotatable bonds is 3. The summed E-state index contributed by atoms with van der Waals surface area (Å²) in [6.07, 6.45) is -4.45. The average molecular weight is 310 g/mol. The average Bonchev–Trinajstić information content (AvgIpc) is 2.16. The summed E-state index contributed by atoms with van der Waals surface area (Å²) in [5.74, 6) is -2.20. The van der Waals surface area contributed by atoms with Gasteiger partial charge in [0, 0.05) is 15.1 Å². The molecule has 0 N–H and O–H groups in total. The van der Waals surface area contributed by atoms with E-state index in [0.29, 0.717) is 4.90 Å². The zero-order chi connectivity index (χ0) is 12.2. The molecule has 0 spiro atoms. The van der Waals surface area contributed by atoms with E-state index in [-0.39, 0.29) is 5.75 Å². The van der Waals surface area contributed by atoms with Crippen LogP contribution in [0.15, 0.2) is 33.6 Å². The molecule has 0 heterocycles. The molecule has 0 aliphatic heterocycles. The summed E-state index contributed by atoms with van der Waals surface area (Å²) in [4.78, 5) is 0.707. The van der Waals surface area contributed by atoms with Crippen LogP contribution in [-0.2, 0) is 0 Å². The number of halogens is 4. The van der Waals surface area contributed by atoms with Crippen molar-refractivity contribution in [3.8, 4) is 6.07 Å². The topological polar surface area (TPSA) is 23.8 Å². The number of hydrogen-bond donors (Lipinski definition) is 0. The maximum Gasteiger partial charge on any atom is 0.405 e. The molecule has 0 bridgehead atoms. The predicted molar refractivity (Wildman–Crippen MR) is 60.0 cm³/mol. The first kappa shape index (κ1) is 13.4. The monoisotopic (exact) mass is 309 g/mol. The molecule has 1 nitrogen and oxygen atoms in total. The molecule has 0 radical (unpaired) electrons. The van der Waals surface area contributed by atoms with Crippen molar-refractivity contribution in [3.05, 3.63) is 28.7 Å². The summed E-state index contributed by atoms with van der Waals surface area (Å²) in [5, 5.41) is 8.40. The highest BCUT2D eigenvalue weighted by Gasteiger charge is 2.39. The Morgan fingerprint density at radius 1 is 1.44 bits per heavy atom. The molecule has 6 heteroatoms. The summed E-state index contributed by atoms with van der Waals surface area (Å²) < 4.78 is 37.6. The summed E-state index contributed by atoms with van der Waals surface area (Å²) in [6.45, 7) is 0. The molecule has 0 aliphatic rings. The largest absolute Gasteiger partial charge is 0.405 e. The molecule has 0 saturated carbocycles. The minimum absolute atomic E-state index is 0.281. The fourth-order valence-electron chi connectivity index (χ4n) is 0.941. The van der Waals surface area contributed by atoms with Crippen LogP contribution in [0.5, 0.6) is 0 Å². The van der Waals surface area contributed by atoms with Gasteiger partial charge in [-0.15, -0.1) is 11.8 Å². The summed E-state index contributed by atoms with van der Waals surface area (Å²) in [7, 11) is 0. The van der Waals surface area contributed by atoms with Gasteiger partial charge in [-0.3, -0.25) is 0 Å². The van der Waals surface area contributed by atoms with Crippen molar-refractivity contribution in [2.75, 3.05) is 5.75 Å². The Balaban J connectivity index is 2.61. The van der Waals surface area contributed by atoms with Crippen LogP contribution in [0.3, 0.4) is 0 Å². The predicted octanol–water partition coefficient (Wildman–Crippen LogP) is 4.24. The molecule has 1 aromatic carbocycles. The third-order valence-corrected chi connectivity index (χ3v) is 3.34. The summed E-state index contributed by atoms with van der Waals surface area (Å²) in [5.41, 5.74) is 0. The van der Waals surface area contributed by atoms with Gasteiger partial charge in [0.2, 0.25) is 0 Å². The molecule has 0 fully saturated rings. The molecular formula is C10H7BrF3NS. The van der Waals surface area contributed by atoms with Gasteiger partial charge in [0.25, 0.3) is 0 Å². The molecular weight excluding hydrogens is 303 g/mol. The Morgan fingerprint density at radius 3 is 2.62 bits per heavy atom. The number of alkyl halides is 3. The first-order chi connectivity index (χ1) is 7.43. The number of nitriles is 1. The van der Waals surface area contributed by atoms with Crippen LogP contribution in [-0.4, -0.2) is 11.9 Å². The van der Waals surface area contributed by atoms with Crippen LogP contribution >= 0.6 is 27.7 Å². The minimum Gasteiger partial charge on any atom is -0.198 e. The van der Waals surface area contributed by atoms with Crippen molar-refractivity contribution in [2.24, 2.45) is 5.92 Å². The lowest BCUT2D eigenvalue weighted by atomic mass is 10.2. The van der Waals surface area contributed by atoms with Gasteiger partial charge in [0.05, 0.1) is 6.07 Å². The molecule has 0 saturated heterocycles. The molecule has 16 heavy (non-hydrogen) atoms. The molecule has 0 aliphatic carbocycles. The SMILES string of the molecule is N#CC(CSc1cccc(Br)c1)C(F)(F)F. The first-order valence-electron chi connectivity index (χ1n) is 4.28. The molecule has 86 valence electrons. The molecule has 0 amide bonds. The third kappa shape index (κ3) is 4.06. The molecule has 1 atom stereocenters. The quantitative estimate of drug-likeness (QED) is 0.780. The maximum absolute atomic E-state index is 12.3. The van der Waals surface area contributed by atoms with Crippen LogP contribution in [0.2, 0.25) is 0 Å². The second-order valence-electron chi connectivity index (χ2n) is 2.99. The van der Waals surface area contributed by atoms with E-state index in [9.17, 15) is 13.2 Å². The normalized spacial score (nSPS) is 13.2. The van der Waals surface area contributed by atoms with Crippen molar-refractivity contribution in [1.29, 1.82) is 5.26 Å². The second kappa shape index (κ2) is 5.60. The summed E-state index contributed by atoms with van der Waals surface area (Å²) >= 11 is 4.25. The van der Waals surface area contributed by atoms with Gasteiger partial charge >= 0.3 is 6.18 Å². The Labute approximate surface area is 104 Å². The van der Waals surface area contributed by atoms with Crippen molar-refractivity contribution in [1.82, 2.24) is 0 Å². The highest BCUT2D eigenvalue weighted by molar-refractivity contribution is 9.10. The third-order valence-electron chi connectivity index (χ3n) is 1.76. The molecule has 1 aromatic rings. The van der Waals surface area contributed by atoms with E-state index in [2.05, 4.69) is 15.9 Å². The fourth-order valence-corrected chi connectivity index (χ4v) is 2.50. The molecule has 1 unspecified atom stereocenters. The van der Waals surface area contributed by atoms with Gasteiger partial charge in [0.1, 0.15) is 0 Å². The number of nitrogens with zero attached hydrogens (tertiary/aromatic N) is 1. The second-order valence-corrected chi connectivity index (χ2v) is 5.00. The minimum atomic E-state index is -4.45. The van der Waals surface area contributed by atoms with Crippen molar-refractivity contribution in [2.45, 2.75) is 11.1 Å². The zero-order valence-electron chi connectivity index (χ0n) is 7.96. The van der Waals surface area contributed by atoms with E-state index < -0.39 is 12.1 Å². The van der Waals surface area contributed by atoms with E-state index in [1.165, 1.54) is 6.07 Å². The standard InChI is InChI=1S/C10H7BrF3NS/c11-8-2-1-3-9(4-8)16-6-7(5-15)10(12,13)14/h1-4,7H,6H2. The number of hydrogen-bond acceptors (Lipinski definition) is 2. The molecule has 0 aromatic heterocycles. The Hall–Kier alpha value is -0.670. The van der Waals surface area contributed by atoms with Crippen molar-refractivity contribution < 1.29 is 13.2 Å². The van der Waals surface area contributed by atoms with E-state index in [1.54, 1.807) is 24.3 Å². The first-order valence-corrected chi connectivity index (χ1v) is 6.06. The van der Waals surface area contributed by atoms with Crippen molar-refractivity contribution >= 4 is 27.7 Å². The number of benzene rings is 1. The van der Waals surface area contributed by atoms with Gasteiger partial charge in [0.15, 0.2) is 5.92 Å². The van der Waals surface area contributed by atoms with Crippen molar-refractivity contribution in [3.63, 3.8) is 0 Å². The number of thioether (sulfide) groups is 1. The van der Waals surface area contributed by atoms with Gasteiger partial charge in [-0.2, -0.15) is 18.4 Å². The lowest BCUT2D eigenvalue weighted by Gasteiger charge is -2.12. The van der Waals surface area contributed by atoms with Gasteiger partial charge < -0.3 is 0 Å². The Kier molecular flexibility index (Phi) is 4.69. The van der Waals surface area contributed by atoms with Crippen LogP contribution in [0.1, 0.15) is 0 Å². The lowest BCUT2D eigenvalue weighted by molar-refractivity contribution is -0.152. The van der Waals surface area contributed by atoms with E-state index >= 15 is 0 Å². The van der Waals surface area contributed by atoms with Crippen LogP contribution < -0.4 is 0 Å². The van der Waals surface area contributed by atoms with Gasteiger partial charge in [-0.05, 0) is 18.2 Å². The van der Waals surface area contributed by atoms with E-state index in [1.807, 2.05) is 0 Å². The van der Waals surface area contributed by atoms with Crippen LogP contribution in [0, 0.1) is 17.2 Å². The van der Waals surface area contributed by atoms with Crippen LogP contribution in [0.25, 0.3) is 0 Å². The van der Waals surface area contributed by atoms with Crippen LogP contribution in [0.4, 0.5) is 13.2 Å². The zero-order valence-corrected chi connectivity index (χ0v) is 10.4. The van der Waals surface area contributed by atoms with E-state index in [4.69, 9.17) is 5.26 Å². The van der Waals surface area contributed by atoms with E-state index in [0.717, 1.165) is 16.2 Å². The highest BCUT2D eigenvalue weighted by atomic mass is 79.9.